The maximum atomic E-state index is 5.73. The van der Waals surface area contributed by atoms with Crippen molar-refractivity contribution in [1.82, 2.24) is 5.32 Å². The van der Waals surface area contributed by atoms with Crippen molar-refractivity contribution in [2.24, 2.45) is 4.99 Å². The zero-order valence-electron chi connectivity index (χ0n) is 16.4. The third-order valence-corrected chi connectivity index (χ3v) is 4.33. The van der Waals surface area contributed by atoms with E-state index in [9.17, 15) is 0 Å². The van der Waals surface area contributed by atoms with Crippen molar-refractivity contribution in [3.05, 3.63) is 48.0 Å². The molecule has 0 aliphatic carbocycles. The first kappa shape index (κ1) is 22.1. The van der Waals surface area contributed by atoms with Gasteiger partial charge >= 0.3 is 0 Å². The van der Waals surface area contributed by atoms with Crippen molar-refractivity contribution < 1.29 is 14.2 Å². The number of nitrogens with one attached hydrogen (secondary N) is 2. The Morgan fingerprint density at radius 1 is 1.07 bits per heavy atom. The van der Waals surface area contributed by atoms with Crippen LogP contribution in [0, 0.1) is 0 Å². The second-order valence-corrected chi connectivity index (χ2v) is 6.29. The second-order valence-electron chi connectivity index (χ2n) is 6.29. The number of methoxy groups -OCH3 is 1. The summed E-state index contributed by atoms with van der Waals surface area (Å²) in [6.45, 7) is 2.20. The van der Waals surface area contributed by atoms with Crippen LogP contribution in [0.4, 0.5) is 5.69 Å². The van der Waals surface area contributed by atoms with Gasteiger partial charge in [-0.1, -0.05) is 12.1 Å². The summed E-state index contributed by atoms with van der Waals surface area (Å²) in [5, 5.41) is 6.64. The summed E-state index contributed by atoms with van der Waals surface area (Å²) in [5.41, 5.74) is 2.21. The lowest BCUT2D eigenvalue weighted by molar-refractivity contribution is 0.297. The Labute approximate surface area is 183 Å². The molecule has 0 atom stereocenters. The van der Waals surface area contributed by atoms with E-state index >= 15 is 0 Å². The van der Waals surface area contributed by atoms with Crippen molar-refractivity contribution in [3.63, 3.8) is 0 Å². The number of rotatable bonds is 6. The molecule has 0 saturated heterocycles. The van der Waals surface area contributed by atoms with Crippen LogP contribution in [0.3, 0.4) is 0 Å². The van der Waals surface area contributed by atoms with Gasteiger partial charge in [-0.15, -0.1) is 24.0 Å². The van der Waals surface area contributed by atoms with Gasteiger partial charge in [0.2, 0.25) is 0 Å². The number of hydrogen-bond donors (Lipinski definition) is 2. The van der Waals surface area contributed by atoms with Crippen molar-refractivity contribution in [2.75, 3.05) is 39.2 Å². The van der Waals surface area contributed by atoms with Crippen LogP contribution < -0.4 is 24.8 Å². The van der Waals surface area contributed by atoms with E-state index in [0.717, 1.165) is 54.7 Å². The molecule has 2 aromatic rings. The Morgan fingerprint density at radius 2 is 1.82 bits per heavy atom. The predicted octanol–water partition coefficient (Wildman–Crippen LogP) is 4.09. The standard InChI is InChI=1S/C21H27N3O3.HI/c1-22-21(23-12-3-5-16-6-9-18(25-2)10-7-16)24-17-8-11-19-20(15-17)27-14-4-13-26-19;/h6-11,15H,3-5,12-14H2,1-2H3,(H2,22,23,24);1H. The van der Waals surface area contributed by atoms with Crippen molar-refractivity contribution in [2.45, 2.75) is 19.3 Å². The number of halogens is 1. The van der Waals surface area contributed by atoms with Gasteiger partial charge < -0.3 is 24.8 Å². The van der Waals surface area contributed by atoms with E-state index in [2.05, 4.69) is 27.8 Å². The summed E-state index contributed by atoms with van der Waals surface area (Å²) in [4.78, 5) is 4.29. The predicted molar refractivity (Wildman–Crippen MR) is 124 cm³/mol. The summed E-state index contributed by atoms with van der Waals surface area (Å²) >= 11 is 0. The van der Waals surface area contributed by atoms with E-state index in [-0.39, 0.29) is 24.0 Å². The molecule has 0 aromatic heterocycles. The first-order valence-corrected chi connectivity index (χ1v) is 9.29. The average molecular weight is 497 g/mol. The molecule has 0 unspecified atom stereocenters. The number of guanidine groups is 1. The number of hydrogen-bond acceptors (Lipinski definition) is 4. The number of benzene rings is 2. The highest BCUT2D eigenvalue weighted by atomic mass is 127. The van der Waals surface area contributed by atoms with Gasteiger partial charge in [-0.05, 0) is 42.7 Å². The van der Waals surface area contributed by atoms with E-state index in [1.54, 1.807) is 14.2 Å². The van der Waals surface area contributed by atoms with Gasteiger partial charge in [0.1, 0.15) is 5.75 Å². The van der Waals surface area contributed by atoms with Gasteiger partial charge in [0.25, 0.3) is 0 Å². The summed E-state index contributed by atoms with van der Waals surface area (Å²) in [6.07, 6.45) is 2.90. The molecule has 152 valence electrons. The maximum Gasteiger partial charge on any atom is 0.195 e. The van der Waals surface area contributed by atoms with Gasteiger partial charge in [-0.25, -0.2) is 0 Å². The Hall–Kier alpha value is -2.16. The maximum absolute atomic E-state index is 5.73. The second kappa shape index (κ2) is 11.6. The smallest absolute Gasteiger partial charge is 0.195 e. The highest BCUT2D eigenvalue weighted by Gasteiger charge is 2.11. The lowest BCUT2D eigenvalue weighted by Crippen LogP contribution is -2.31. The minimum atomic E-state index is 0. The van der Waals surface area contributed by atoms with E-state index in [4.69, 9.17) is 14.2 Å². The van der Waals surface area contributed by atoms with Gasteiger partial charge in [0.15, 0.2) is 17.5 Å². The average Bonchev–Trinajstić information content (AvgIpc) is 2.95. The van der Waals surface area contributed by atoms with Crippen LogP contribution in [-0.2, 0) is 6.42 Å². The molecular formula is C21H28IN3O3. The third-order valence-electron chi connectivity index (χ3n) is 4.33. The van der Waals surface area contributed by atoms with Gasteiger partial charge in [-0.3, -0.25) is 4.99 Å². The van der Waals surface area contributed by atoms with Crippen molar-refractivity contribution >= 4 is 35.6 Å². The molecule has 0 bridgehead atoms. The molecular weight excluding hydrogens is 469 g/mol. The SMILES string of the molecule is CN=C(NCCCc1ccc(OC)cc1)Nc1ccc2c(c1)OCCCO2.I. The fourth-order valence-corrected chi connectivity index (χ4v) is 2.85. The molecule has 1 aliphatic heterocycles. The number of aliphatic imine (C=N–C) groups is 1. The van der Waals surface area contributed by atoms with Crippen LogP contribution in [0.5, 0.6) is 17.2 Å². The van der Waals surface area contributed by atoms with Crippen LogP contribution in [0.15, 0.2) is 47.5 Å². The quantitative estimate of drug-likeness (QED) is 0.273. The summed E-state index contributed by atoms with van der Waals surface area (Å²) in [7, 11) is 3.45. The zero-order valence-corrected chi connectivity index (χ0v) is 18.7. The first-order chi connectivity index (χ1) is 13.3. The summed E-state index contributed by atoms with van der Waals surface area (Å²) in [5.74, 6) is 3.18. The Morgan fingerprint density at radius 3 is 2.54 bits per heavy atom. The minimum Gasteiger partial charge on any atom is -0.497 e. The van der Waals surface area contributed by atoms with Crippen LogP contribution in [0.25, 0.3) is 0 Å². The fraction of sp³-hybridized carbons (Fsp3) is 0.381. The van der Waals surface area contributed by atoms with Crippen LogP contribution in [0.1, 0.15) is 18.4 Å². The Kier molecular flexibility index (Phi) is 9.19. The Bertz CT molecular complexity index is 766. The summed E-state index contributed by atoms with van der Waals surface area (Å²) in [6, 6.07) is 14.0. The molecule has 7 heteroatoms. The minimum absolute atomic E-state index is 0. The van der Waals surface area contributed by atoms with Crippen LogP contribution in [-0.4, -0.2) is 39.9 Å². The lowest BCUT2D eigenvalue weighted by atomic mass is 10.1. The van der Waals surface area contributed by atoms with Gasteiger partial charge in [0, 0.05) is 31.8 Å². The monoisotopic (exact) mass is 497 g/mol. The zero-order chi connectivity index (χ0) is 18.9. The molecule has 0 fully saturated rings. The van der Waals surface area contributed by atoms with Crippen molar-refractivity contribution in [3.8, 4) is 17.2 Å². The molecule has 0 radical (unpaired) electrons. The molecule has 6 nitrogen and oxygen atoms in total. The number of anilines is 1. The van der Waals surface area contributed by atoms with E-state index < -0.39 is 0 Å². The summed E-state index contributed by atoms with van der Waals surface area (Å²) < 4.78 is 16.6. The topological polar surface area (TPSA) is 64.1 Å². The normalized spacial score (nSPS) is 13.1. The van der Waals surface area contributed by atoms with E-state index in [1.807, 2.05) is 30.3 Å². The molecule has 0 amide bonds. The highest BCUT2D eigenvalue weighted by Crippen LogP contribution is 2.32. The molecule has 0 spiro atoms. The van der Waals surface area contributed by atoms with Crippen molar-refractivity contribution in [1.29, 1.82) is 0 Å². The molecule has 28 heavy (non-hydrogen) atoms. The number of nitrogens with zero attached hydrogens (tertiary/aromatic N) is 1. The molecule has 0 saturated carbocycles. The lowest BCUT2D eigenvalue weighted by Gasteiger charge is -2.14. The number of aryl methyl sites for hydroxylation is 1. The number of ether oxygens (including phenoxy) is 3. The molecule has 3 rings (SSSR count). The Balaban J connectivity index is 0.00000280. The van der Waals surface area contributed by atoms with Crippen LogP contribution in [0.2, 0.25) is 0 Å². The van der Waals surface area contributed by atoms with Gasteiger partial charge in [0.05, 0.1) is 20.3 Å². The molecule has 1 heterocycles. The van der Waals surface area contributed by atoms with E-state index in [1.165, 1.54) is 5.56 Å². The van der Waals surface area contributed by atoms with Crippen LogP contribution >= 0.6 is 24.0 Å². The molecule has 1 aliphatic rings. The number of fused-ring (bicyclic) bond motifs is 1. The highest BCUT2D eigenvalue weighted by molar-refractivity contribution is 14.0. The third kappa shape index (κ3) is 6.47. The molecule has 2 N–H and O–H groups in total. The molecule has 2 aromatic carbocycles. The van der Waals surface area contributed by atoms with E-state index in [0.29, 0.717) is 13.2 Å². The van der Waals surface area contributed by atoms with Gasteiger partial charge in [-0.2, -0.15) is 0 Å². The largest absolute Gasteiger partial charge is 0.497 e. The first-order valence-electron chi connectivity index (χ1n) is 9.29. The fourth-order valence-electron chi connectivity index (χ4n) is 2.85.